The maximum absolute atomic E-state index is 13.6. The van der Waals surface area contributed by atoms with Crippen molar-refractivity contribution in [2.24, 2.45) is 0 Å². The first-order valence-electron chi connectivity index (χ1n) is 11.1. The van der Waals surface area contributed by atoms with Crippen LogP contribution in [0.25, 0.3) is 0 Å². The zero-order valence-corrected chi connectivity index (χ0v) is 19.9. The van der Waals surface area contributed by atoms with E-state index < -0.39 is 11.2 Å². The smallest absolute Gasteiger partial charge is 0.264 e. The van der Waals surface area contributed by atoms with Crippen LogP contribution < -0.4 is 10.2 Å². The number of anilines is 1. The van der Waals surface area contributed by atoms with E-state index in [0.29, 0.717) is 23.7 Å². The molecule has 0 aromatic heterocycles. The van der Waals surface area contributed by atoms with Crippen LogP contribution in [-0.2, 0) is 22.6 Å². The Labute approximate surface area is 204 Å². The molecule has 3 aromatic carbocycles. The van der Waals surface area contributed by atoms with Crippen molar-refractivity contribution in [3.8, 4) is 6.07 Å². The lowest BCUT2D eigenvalue weighted by Gasteiger charge is -2.19. The SMILES string of the molecule is Cc1ccc(N2C(=O)C(Cc3ccccc3C)SC2=C(C#N)C(=O)NCc2ccccc2)cc1. The van der Waals surface area contributed by atoms with E-state index in [1.54, 1.807) is 0 Å². The highest BCUT2D eigenvalue weighted by Crippen LogP contribution is 2.42. The number of carbonyl (C=O) groups is 2. The monoisotopic (exact) mass is 467 g/mol. The quantitative estimate of drug-likeness (QED) is 0.407. The molecule has 0 radical (unpaired) electrons. The summed E-state index contributed by atoms with van der Waals surface area (Å²) < 4.78 is 0. The summed E-state index contributed by atoms with van der Waals surface area (Å²) in [5, 5.41) is 12.7. The van der Waals surface area contributed by atoms with Crippen LogP contribution in [0.1, 0.15) is 22.3 Å². The average molecular weight is 468 g/mol. The molecule has 1 unspecified atom stereocenters. The van der Waals surface area contributed by atoms with Gasteiger partial charge in [-0.05, 0) is 49.1 Å². The molecule has 5 nitrogen and oxygen atoms in total. The zero-order chi connectivity index (χ0) is 24.1. The summed E-state index contributed by atoms with van der Waals surface area (Å²) in [6, 6.07) is 27.1. The van der Waals surface area contributed by atoms with E-state index in [2.05, 4.69) is 11.4 Å². The third kappa shape index (κ3) is 5.05. The lowest BCUT2D eigenvalue weighted by atomic mass is 10.0. The van der Waals surface area contributed by atoms with Crippen LogP contribution in [-0.4, -0.2) is 17.1 Å². The highest BCUT2D eigenvalue weighted by molar-refractivity contribution is 8.05. The van der Waals surface area contributed by atoms with Gasteiger partial charge < -0.3 is 5.32 Å². The van der Waals surface area contributed by atoms with E-state index in [1.807, 2.05) is 92.7 Å². The van der Waals surface area contributed by atoms with Crippen molar-refractivity contribution < 1.29 is 9.59 Å². The number of hydrogen-bond donors (Lipinski definition) is 1. The molecule has 0 aliphatic carbocycles. The van der Waals surface area contributed by atoms with Gasteiger partial charge in [-0.3, -0.25) is 14.5 Å². The normalized spacial score (nSPS) is 16.8. The van der Waals surface area contributed by atoms with Gasteiger partial charge in [0.15, 0.2) is 0 Å². The van der Waals surface area contributed by atoms with Gasteiger partial charge in [0.1, 0.15) is 16.7 Å². The Morgan fingerprint density at radius 3 is 2.35 bits per heavy atom. The largest absolute Gasteiger partial charge is 0.347 e. The molecule has 1 aliphatic heterocycles. The van der Waals surface area contributed by atoms with Crippen LogP contribution in [0.2, 0.25) is 0 Å². The lowest BCUT2D eigenvalue weighted by molar-refractivity contribution is -0.117. The van der Waals surface area contributed by atoms with Crippen molar-refractivity contribution in [2.45, 2.75) is 32.1 Å². The fourth-order valence-electron chi connectivity index (χ4n) is 3.82. The molecule has 34 heavy (non-hydrogen) atoms. The number of benzene rings is 3. The minimum absolute atomic E-state index is 0.0536. The second-order valence-corrected chi connectivity index (χ2v) is 9.40. The minimum atomic E-state index is -0.490. The molecule has 1 heterocycles. The summed E-state index contributed by atoms with van der Waals surface area (Å²) in [6.45, 7) is 4.29. The molecule has 0 bridgehead atoms. The van der Waals surface area contributed by atoms with Crippen molar-refractivity contribution in [3.63, 3.8) is 0 Å². The molecule has 170 valence electrons. The molecule has 1 saturated heterocycles. The van der Waals surface area contributed by atoms with Crippen LogP contribution in [0.5, 0.6) is 0 Å². The third-order valence-corrected chi connectivity index (χ3v) is 7.02. The van der Waals surface area contributed by atoms with Crippen LogP contribution in [0.3, 0.4) is 0 Å². The van der Waals surface area contributed by atoms with E-state index >= 15 is 0 Å². The number of thioether (sulfide) groups is 1. The summed E-state index contributed by atoms with van der Waals surface area (Å²) in [5.74, 6) is -0.619. The van der Waals surface area contributed by atoms with Gasteiger partial charge in [-0.15, -0.1) is 0 Å². The number of amides is 2. The number of hydrogen-bond acceptors (Lipinski definition) is 4. The van der Waals surface area contributed by atoms with Crippen LogP contribution in [0.15, 0.2) is 89.5 Å². The minimum Gasteiger partial charge on any atom is -0.347 e. The highest BCUT2D eigenvalue weighted by atomic mass is 32.2. The van der Waals surface area contributed by atoms with E-state index in [1.165, 1.54) is 16.7 Å². The first-order chi connectivity index (χ1) is 16.5. The van der Waals surface area contributed by atoms with Crippen LogP contribution >= 0.6 is 11.8 Å². The van der Waals surface area contributed by atoms with Crippen molar-refractivity contribution in [3.05, 3.63) is 112 Å². The van der Waals surface area contributed by atoms with Crippen molar-refractivity contribution in [1.82, 2.24) is 5.32 Å². The number of aryl methyl sites for hydroxylation is 2. The average Bonchev–Trinajstić information content (AvgIpc) is 3.16. The Kier molecular flexibility index (Phi) is 7.15. The third-order valence-electron chi connectivity index (χ3n) is 5.76. The van der Waals surface area contributed by atoms with E-state index in [4.69, 9.17) is 0 Å². The molecule has 1 N–H and O–H groups in total. The second-order valence-electron chi connectivity index (χ2n) is 8.21. The number of rotatable bonds is 6. The molecule has 0 spiro atoms. The first kappa shape index (κ1) is 23.3. The van der Waals surface area contributed by atoms with Gasteiger partial charge in [0, 0.05) is 12.2 Å². The number of nitrogens with one attached hydrogen (secondary N) is 1. The molecule has 3 aromatic rings. The molecule has 1 aliphatic rings. The molecule has 6 heteroatoms. The number of nitrogens with zero attached hydrogens (tertiary/aromatic N) is 2. The van der Waals surface area contributed by atoms with Gasteiger partial charge in [0.2, 0.25) is 5.91 Å². The Balaban J connectivity index is 1.68. The van der Waals surface area contributed by atoms with E-state index in [0.717, 1.165) is 22.3 Å². The molecule has 2 amide bonds. The van der Waals surface area contributed by atoms with Crippen LogP contribution in [0.4, 0.5) is 5.69 Å². The fraction of sp³-hybridized carbons (Fsp3) is 0.179. The van der Waals surface area contributed by atoms with Crippen molar-refractivity contribution >= 4 is 29.3 Å². The second kappa shape index (κ2) is 10.4. The van der Waals surface area contributed by atoms with Gasteiger partial charge in [0.05, 0.1) is 5.25 Å². The van der Waals surface area contributed by atoms with Gasteiger partial charge in [-0.1, -0.05) is 84.1 Å². The predicted octanol–water partition coefficient (Wildman–Crippen LogP) is 5.05. The Hall–Kier alpha value is -3.82. The summed E-state index contributed by atoms with van der Waals surface area (Å²) in [5.41, 5.74) is 4.77. The standard InChI is InChI=1S/C28H25N3O2S/c1-19-12-14-23(15-13-19)31-27(33)25(16-22-11-7-6-8-20(22)2)34-28(31)24(17-29)26(32)30-18-21-9-4-3-5-10-21/h3-15,25H,16,18H2,1-2H3,(H,30,32). The Morgan fingerprint density at radius 1 is 1.00 bits per heavy atom. The van der Waals surface area contributed by atoms with E-state index in [9.17, 15) is 14.9 Å². The first-order valence-corrected chi connectivity index (χ1v) is 11.9. The topological polar surface area (TPSA) is 73.2 Å². The highest BCUT2D eigenvalue weighted by Gasteiger charge is 2.40. The molecule has 1 fully saturated rings. The molecular formula is C28H25N3O2S. The Bertz CT molecular complexity index is 1280. The van der Waals surface area contributed by atoms with E-state index in [-0.39, 0.29) is 11.5 Å². The predicted molar refractivity (Wildman–Crippen MR) is 136 cm³/mol. The lowest BCUT2D eigenvalue weighted by Crippen LogP contribution is -2.32. The fourth-order valence-corrected chi connectivity index (χ4v) is 5.12. The summed E-state index contributed by atoms with van der Waals surface area (Å²) in [7, 11) is 0. The molecule has 0 saturated carbocycles. The molecule has 4 rings (SSSR count). The Morgan fingerprint density at radius 2 is 1.68 bits per heavy atom. The van der Waals surface area contributed by atoms with Gasteiger partial charge in [-0.2, -0.15) is 5.26 Å². The maximum Gasteiger partial charge on any atom is 0.264 e. The molecular weight excluding hydrogens is 442 g/mol. The number of carbonyl (C=O) groups excluding carboxylic acids is 2. The molecule has 1 atom stereocenters. The van der Waals surface area contributed by atoms with Crippen molar-refractivity contribution in [1.29, 1.82) is 5.26 Å². The van der Waals surface area contributed by atoms with Gasteiger partial charge in [-0.25, -0.2) is 0 Å². The summed E-state index contributed by atoms with van der Waals surface area (Å²) in [4.78, 5) is 28.1. The summed E-state index contributed by atoms with van der Waals surface area (Å²) >= 11 is 1.28. The summed E-state index contributed by atoms with van der Waals surface area (Å²) in [6.07, 6.45) is 0.520. The van der Waals surface area contributed by atoms with Crippen molar-refractivity contribution in [2.75, 3.05) is 4.90 Å². The zero-order valence-electron chi connectivity index (χ0n) is 19.1. The van der Waals surface area contributed by atoms with Gasteiger partial charge >= 0.3 is 0 Å². The van der Waals surface area contributed by atoms with Gasteiger partial charge in [0.25, 0.3) is 5.91 Å². The maximum atomic E-state index is 13.6. The van der Waals surface area contributed by atoms with Crippen LogP contribution in [0, 0.1) is 25.2 Å². The number of nitriles is 1.